The topological polar surface area (TPSA) is 46.9 Å². The molecule has 1 amide bonds. The van der Waals surface area contributed by atoms with E-state index in [0.29, 0.717) is 11.2 Å². The van der Waals surface area contributed by atoms with Gasteiger partial charge < -0.3 is 5.32 Å². The Hall–Kier alpha value is -2.97. The number of hydrogen-bond acceptors (Lipinski definition) is 2. The van der Waals surface area contributed by atoms with Gasteiger partial charge in [-0.15, -0.1) is 0 Å². The summed E-state index contributed by atoms with van der Waals surface area (Å²) in [6.07, 6.45) is 0. The second kappa shape index (κ2) is 6.15. The Morgan fingerprint density at radius 3 is 2.20 bits per heavy atom. The van der Waals surface area contributed by atoms with Gasteiger partial charge in [-0.1, -0.05) is 18.2 Å². The van der Waals surface area contributed by atoms with Crippen molar-refractivity contribution in [2.45, 2.75) is 13.5 Å². The van der Waals surface area contributed by atoms with E-state index in [2.05, 4.69) is 5.10 Å². The molecular formula is C16H10F5N3O. The summed E-state index contributed by atoms with van der Waals surface area (Å²) in [4.78, 5) is 12.0. The van der Waals surface area contributed by atoms with Gasteiger partial charge in [0.25, 0.3) is 0 Å². The molecule has 0 saturated carbocycles. The van der Waals surface area contributed by atoms with Gasteiger partial charge in [0.2, 0.25) is 11.7 Å². The zero-order chi connectivity index (χ0) is 18.3. The summed E-state index contributed by atoms with van der Waals surface area (Å²) < 4.78 is 67.8. The Kier molecular flexibility index (Phi) is 4.15. The van der Waals surface area contributed by atoms with Crippen LogP contribution in [0.5, 0.6) is 0 Å². The maximum absolute atomic E-state index is 13.6. The quantitative estimate of drug-likeness (QED) is 0.443. The molecule has 130 valence electrons. The van der Waals surface area contributed by atoms with Gasteiger partial charge in [0.15, 0.2) is 23.3 Å². The van der Waals surface area contributed by atoms with Crippen molar-refractivity contribution in [3.05, 3.63) is 59.0 Å². The number of aryl methyl sites for hydroxylation is 1. The van der Waals surface area contributed by atoms with Gasteiger partial charge in [0.1, 0.15) is 12.2 Å². The molecule has 4 nitrogen and oxygen atoms in total. The van der Waals surface area contributed by atoms with E-state index >= 15 is 0 Å². The van der Waals surface area contributed by atoms with Crippen molar-refractivity contribution < 1.29 is 26.7 Å². The van der Waals surface area contributed by atoms with Crippen LogP contribution in [-0.4, -0.2) is 15.7 Å². The molecule has 2 aromatic carbocycles. The average Bonchev–Trinajstić information content (AvgIpc) is 2.91. The summed E-state index contributed by atoms with van der Waals surface area (Å²) in [7, 11) is 0. The number of carbonyl (C=O) groups is 1. The summed E-state index contributed by atoms with van der Waals surface area (Å²) in [6.45, 7) is 1.24. The fraction of sp³-hybridized carbons (Fsp3) is 0.125. The molecule has 0 spiro atoms. The van der Waals surface area contributed by atoms with E-state index in [-0.39, 0.29) is 0 Å². The molecule has 0 bridgehead atoms. The molecule has 1 aromatic heterocycles. The Morgan fingerprint density at radius 1 is 1.00 bits per heavy atom. The Bertz CT molecular complexity index is 970. The molecule has 0 aliphatic rings. The lowest BCUT2D eigenvalue weighted by Crippen LogP contribution is -2.22. The lowest BCUT2D eigenvalue weighted by atomic mass is 10.2. The van der Waals surface area contributed by atoms with E-state index in [4.69, 9.17) is 0 Å². The number of hydrogen-bond donors (Lipinski definition) is 1. The highest BCUT2D eigenvalue weighted by Crippen LogP contribution is 2.27. The van der Waals surface area contributed by atoms with Crippen molar-refractivity contribution in [1.29, 1.82) is 0 Å². The van der Waals surface area contributed by atoms with E-state index in [1.807, 2.05) is 0 Å². The number of anilines is 1. The Balaban J connectivity index is 1.91. The van der Waals surface area contributed by atoms with E-state index < -0.39 is 47.2 Å². The van der Waals surface area contributed by atoms with E-state index in [1.165, 1.54) is 4.68 Å². The van der Waals surface area contributed by atoms with Crippen LogP contribution in [0.15, 0.2) is 24.3 Å². The van der Waals surface area contributed by atoms with Gasteiger partial charge in [0.05, 0.1) is 11.2 Å². The first kappa shape index (κ1) is 16.9. The smallest absolute Gasteiger partial charge is 0.246 e. The highest BCUT2D eigenvalue weighted by atomic mass is 19.2. The van der Waals surface area contributed by atoms with Crippen molar-refractivity contribution in [1.82, 2.24) is 9.78 Å². The number of fused-ring (bicyclic) bond motifs is 1. The molecule has 0 fully saturated rings. The molecule has 0 radical (unpaired) electrons. The highest BCUT2D eigenvalue weighted by molar-refractivity contribution is 5.92. The van der Waals surface area contributed by atoms with Crippen molar-refractivity contribution in [3.8, 4) is 0 Å². The summed E-state index contributed by atoms with van der Waals surface area (Å²) in [6, 6.07) is 6.94. The van der Waals surface area contributed by atoms with Gasteiger partial charge in [0, 0.05) is 5.39 Å². The number of carbonyl (C=O) groups excluding carboxylic acids is 1. The summed E-state index contributed by atoms with van der Waals surface area (Å²) in [5.41, 5.74) is -0.179. The first-order valence-electron chi connectivity index (χ1n) is 7.04. The standard InChI is InChI=1S/C16H10F5N3O/c1-7-8-4-2-3-5-9(8)24(23-7)6-10(25)22-16-14(20)12(18)11(17)13(19)15(16)21/h2-5H,6H2,1H3,(H,22,25). The van der Waals surface area contributed by atoms with Gasteiger partial charge in [-0.25, -0.2) is 22.0 Å². The third-order valence-electron chi connectivity index (χ3n) is 3.61. The van der Waals surface area contributed by atoms with Crippen LogP contribution in [-0.2, 0) is 11.3 Å². The summed E-state index contributed by atoms with van der Waals surface area (Å²) in [5, 5.41) is 6.61. The average molecular weight is 355 g/mol. The number of benzene rings is 2. The molecule has 0 aliphatic carbocycles. The lowest BCUT2D eigenvalue weighted by Gasteiger charge is -2.10. The summed E-state index contributed by atoms with van der Waals surface area (Å²) in [5.74, 6) is -11.8. The van der Waals surface area contributed by atoms with Crippen LogP contribution in [0, 0.1) is 36.0 Å². The van der Waals surface area contributed by atoms with Crippen molar-refractivity contribution in [2.75, 3.05) is 5.32 Å². The zero-order valence-electron chi connectivity index (χ0n) is 12.7. The first-order valence-corrected chi connectivity index (χ1v) is 7.04. The van der Waals surface area contributed by atoms with Crippen LogP contribution in [0.3, 0.4) is 0 Å². The third kappa shape index (κ3) is 2.81. The lowest BCUT2D eigenvalue weighted by molar-refractivity contribution is -0.116. The van der Waals surface area contributed by atoms with Crippen LogP contribution in [0.25, 0.3) is 10.9 Å². The van der Waals surface area contributed by atoms with Gasteiger partial charge >= 0.3 is 0 Å². The molecule has 9 heteroatoms. The van der Waals surface area contributed by atoms with Crippen LogP contribution in [0.1, 0.15) is 5.69 Å². The van der Waals surface area contributed by atoms with Crippen molar-refractivity contribution >= 4 is 22.5 Å². The van der Waals surface area contributed by atoms with Crippen LogP contribution in [0.2, 0.25) is 0 Å². The minimum Gasteiger partial charge on any atom is -0.319 e. The number of nitrogens with zero attached hydrogens (tertiary/aromatic N) is 2. The monoisotopic (exact) mass is 355 g/mol. The van der Waals surface area contributed by atoms with E-state index in [1.54, 1.807) is 36.5 Å². The molecular weight excluding hydrogens is 345 g/mol. The minimum atomic E-state index is -2.29. The molecule has 25 heavy (non-hydrogen) atoms. The molecule has 0 saturated heterocycles. The predicted octanol–water partition coefficient (Wildman–Crippen LogP) is 3.68. The van der Waals surface area contributed by atoms with Crippen molar-refractivity contribution in [2.24, 2.45) is 0 Å². The molecule has 1 N–H and O–H groups in total. The van der Waals surface area contributed by atoms with Crippen LogP contribution in [0.4, 0.5) is 27.6 Å². The largest absolute Gasteiger partial charge is 0.319 e. The Morgan fingerprint density at radius 2 is 1.56 bits per heavy atom. The molecule has 0 unspecified atom stereocenters. The molecule has 3 aromatic rings. The van der Waals surface area contributed by atoms with E-state index in [0.717, 1.165) is 5.39 Å². The summed E-state index contributed by atoms with van der Waals surface area (Å²) >= 11 is 0. The maximum atomic E-state index is 13.6. The van der Waals surface area contributed by atoms with Gasteiger partial charge in [-0.2, -0.15) is 5.10 Å². The first-order chi connectivity index (χ1) is 11.8. The normalized spacial score (nSPS) is 11.1. The fourth-order valence-corrected chi connectivity index (χ4v) is 2.44. The maximum Gasteiger partial charge on any atom is 0.246 e. The van der Waals surface area contributed by atoms with E-state index in [9.17, 15) is 26.7 Å². The molecule has 3 rings (SSSR count). The molecule has 0 atom stereocenters. The second-order valence-electron chi connectivity index (χ2n) is 5.25. The molecule has 1 heterocycles. The second-order valence-corrected chi connectivity index (χ2v) is 5.25. The molecule has 0 aliphatic heterocycles. The number of aromatic nitrogens is 2. The number of nitrogens with one attached hydrogen (secondary N) is 1. The Labute approximate surface area is 137 Å². The number of rotatable bonds is 3. The fourth-order valence-electron chi connectivity index (χ4n) is 2.44. The van der Waals surface area contributed by atoms with Gasteiger partial charge in [-0.05, 0) is 13.0 Å². The highest BCUT2D eigenvalue weighted by Gasteiger charge is 2.27. The number of halogens is 5. The predicted molar refractivity (Wildman–Crippen MR) is 79.3 cm³/mol. The SMILES string of the molecule is Cc1nn(CC(=O)Nc2c(F)c(F)c(F)c(F)c2F)c2ccccc12. The minimum absolute atomic E-state index is 0.464. The van der Waals surface area contributed by atoms with Gasteiger partial charge in [-0.3, -0.25) is 9.48 Å². The van der Waals surface area contributed by atoms with Crippen LogP contribution < -0.4 is 5.32 Å². The third-order valence-corrected chi connectivity index (χ3v) is 3.61. The van der Waals surface area contributed by atoms with Crippen LogP contribution >= 0.6 is 0 Å². The van der Waals surface area contributed by atoms with Crippen molar-refractivity contribution in [3.63, 3.8) is 0 Å². The number of para-hydroxylation sites is 1. The number of amides is 1. The zero-order valence-corrected chi connectivity index (χ0v) is 12.7.